The van der Waals surface area contributed by atoms with Crippen molar-refractivity contribution in [2.24, 2.45) is 0 Å². The van der Waals surface area contributed by atoms with Gasteiger partial charge in [0.15, 0.2) is 0 Å². The van der Waals surface area contributed by atoms with Gasteiger partial charge >= 0.3 is 6.03 Å². The zero-order chi connectivity index (χ0) is 21.1. The highest BCUT2D eigenvalue weighted by Crippen LogP contribution is 2.23. The van der Waals surface area contributed by atoms with E-state index in [-0.39, 0.29) is 11.8 Å². The fraction of sp³-hybridized carbons (Fsp3) is 0.214. The van der Waals surface area contributed by atoms with Crippen molar-refractivity contribution in [2.45, 2.75) is 9.79 Å². The number of benzene rings is 1. The van der Waals surface area contributed by atoms with Gasteiger partial charge in [0, 0.05) is 20.2 Å². The van der Waals surface area contributed by atoms with E-state index in [1.165, 1.54) is 39.4 Å². The van der Waals surface area contributed by atoms with Crippen LogP contribution in [0.3, 0.4) is 0 Å². The zero-order valence-corrected chi connectivity index (χ0v) is 18.7. The molecule has 28 heavy (non-hydrogen) atoms. The lowest BCUT2D eigenvalue weighted by atomic mass is 10.4. The van der Waals surface area contributed by atoms with Crippen LogP contribution in [0.1, 0.15) is 0 Å². The van der Waals surface area contributed by atoms with Crippen molar-refractivity contribution >= 4 is 54.6 Å². The molecule has 0 radical (unpaired) electrons. The van der Waals surface area contributed by atoms with E-state index in [4.69, 9.17) is 4.74 Å². The molecule has 1 heterocycles. The number of amides is 2. The summed E-state index contributed by atoms with van der Waals surface area (Å²) in [5.41, 5.74) is 0. The molecule has 1 aromatic heterocycles. The van der Waals surface area contributed by atoms with Crippen molar-refractivity contribution in [3.05, 3.63) is 34.0 Å². The van der Waals surface area contributed by atoms with Crippen LogP contribution in [0.25, 0.3) is 0 Å². The number of aromatic nitrogens is 2. The fourth-order valence-electron chi connectivity index (χ4n) is 1.94. The molecule has 0 fully saturated rings. The molecule has 0 spiro atoms. The highest BCUT2D eigenvalue weighted by molar-refractivity contribution is 14.1. The lowest BCUT2D eigenvalue weighted by molar-refractivity contribution is 0.256. The number of halogens is 1. The molecule has 152 valence electrons. The molecule has 0 saturated heterocycles. The molecule has 0 atom stereocenters. The second-order valence-corrected chi connectivity index (χ2v) is 10.2. The number of anilines is 1. The van der Waals surface area contributed by atoms with Gasteiger partial charge in [0.05, 0.1) is 7.11 Å². The Morgan fingerprint density at radius 2 is 1.71 bits per heavy atom. The molecule has 0 saturated carbocycles. The quantitative estimate of drug-likeness (QED) is 0.404. The van der Waals surface area contributed by atoms with Crippen LogP contribution in [0.4, 0.5) is 10.7 Å². The Balaban J connectivity index is 2.32. The van der Waals surface area contributed by atoms with E-state index in [9.17, 15) is 21.6 Å². The maximum atomic E-state index is 12.6. The maximum Gasteiger partial charge on any atom is 0.335 e. The Kier molecular flexibility index (Phi) is 6.79. The zero-order valence-electron chi connectivity index (χ0n) is 14.9. The van der Waals surface area contributed by atoms with E-state index >= 15 is 0 Å². The van der Waals surface area contributed by atoms with Gasteiger partial charge in [0.2, 0.25) is 21.9 Å². The van der Waals surface area contributed by atoms with Crippen LogP contribution in [0.5, 0.6) is 5.88 Å². The van der Waals surface area contributed by atoms with E-state index in [0.717, 1.165) is 16.4 Å². The van der Waals surface area contributed by atoms with Crippen LogP contribution in [-0.2, 0) is 20.0 Å². The lowest BCUT2D eigenvalue weighted by Gasteiger charge is -2.15. The Morgan fingerprint density at radius 1 is 1.11 bits per heavy atom. The van der Waals surface area contributed by atoms with Crippen molar-refractivity contribution in [1.82, 2.24) is 19.0 Å². The first kappa shape index (κ1) is 22.3. The third kappa shape index (κ3) is 5.06. The molecule has 0 aliphatic rings. The van der Waals surface area contributed by atoms with E-state index in [1.54, 1.807) is 4.72 Å². The first-order valence-electron chi connectivity index (χ1n) is 7.41. The molecule has 14 heteroatoms. The molecule has 0 unspecified atom stereocenters. The van der Waals surface area contributed by atoms with Gasteiger partial charge < -0.3 is 4.74 Å². The SMILES string of the molecule is COc1cc(I)nc(NC(=O)NS(=O)(=O)c2ccccc2S(=O)(=O)N(C)C)n1. The number of nitrogens with zero attached hydrogens (tertiary/aromatic N) is 3. The Labute approximate surface area is 175 Å². The van der Waals surface area contributed by atoms with Crippen molar-refractivity contribution in [1.29, 1.82) is 0 Å². The van der Waals surface area contributed by atoms with E-state index in [0.29, 0.717) is 3.70 Å². The minimum atomic E-state index is -4.51. The summed E-state index contributed by atoms with van der Waals surface area (Å²) < 4.78 is 58.0. The number of carbonyl (C=O) groups is 1. The molecule has 11 nitrogen and oxygen atoms in total. The molecular weight excluding hydrogens is 525 g/mol. The highest BCUT2D eigenvalue weighted by atomic mass is 127. The number of nitrogens with one attached hydrogen (secondary N) is 2. The van der Waals surface area contributed by atoms with Crippen LogP contribution >= 0.6 is 22.6 Å². The van der Waals surface area contributed by atoms with Gasteiger partial charge in [-0.2, -0.15) is 4.98 Å². The minimum Gasteiger partial charge on any atom is -0.481 e. The Bertz CT molecular complexity index is 1100. The van der Waals surface area contributed by atoms with Gasteiger partial charge in [-0.05, 0) is 34.7 Å². The van der Waals surface area contributed by atoms with Crippen LogP contribution < -0.4 is 14.8 Å². The highest BCUT2D eigenvalue weighted by Gasteiger charge is 2.29. The largest absolute Gasteiger partial charge is 0.481 e. The summed E-state index contributed by atoms with van der Waals surface area (Å²) in [5.74, 6) is -0.0226. The summed E-state index contributed by atoms with van der Waals surface area (Å²) in [6.07, 6.45) is 0. The lowest BCUT2D eigenvalue weighted by Crippen LogP contribution is -2.36. The van der Waals surface area contributed by atoms with Gasteiger partial charge in [-0.1, -0.05) is 12.1 Å². The molecule has 0 aliphatic heterocycles. The number of carbonyl (C=O) groups excluding carboxylic acids is 1. The van der Waals surface area contributed by atoms with Crippen LogP contribution in [-0.4, -0.2) is 58.3 Å². The van der Waals surface area contributed by atoms with Gasteiger partial charge in [-0.25, -0.2) is 35.6 Å². The standard InChI is InChI=1S/C14H16IN5O6S2/c1-20(2)28(24,25)10-7-5-4-6-9(10)27(22,23)19-14(21)18-13-16-11(15)8-12(17-13)26-3/h4-8H,1-3H3,(H2,16,17,18,19,21). The van der Waals surface area contributed by atoms with Gasteiger partial charge in [0.25, 0.3) is 10.0 Å². The first-order chi connectivity index (χ1) is 13.0. The Morgan fingerprint density at radius 3 is 2.29 bits per heavy atom. The number of hydrogen-bond donors (Lipinski definition) is 2. The van der Waals surface area contributed by atoms with Gasteiger partial charge in [-0.3, -0.25) is 5.32 Å². The van der Waals surface area contributed by atoms with Crippen molar-refractivity contribution < 1.29 is 26.4 Å². The summed E-state index contributed by atoms with van der Waals surface area (Å²) in [7, 11) is -4.67. The van der Waals surface area contributed by atoms with Crippen LogP contribution in [0, 0.1) is 3.70 Å². The third-order valence-corrected chi connectivity index (χ3v) is 7.17. The smallest absolute Gasteiger partial charge is 0.335 e. The average molecular weight is 541 g/mol. The molecule has 0 aliphatic carbocycles. The summed E-state index contributed by atoms with van der Waals surface area (Å²) in [6.45, 7) is 0. The molecule has 2 amide bonds. The topological polar surface area (TPSA) is 148 Å². The van der Waals surface area contributed by atoms with Crippen molar-refractivity contribution in [3.8, 4) is 5.88 Å². The minimum absolute atomic E-state index is 0.167. The molecule has 2 aromatic rings. The molecular formula is C14H16IN5O6S2. The summed E-state index contributed by atoms with van der Waals surface area (Å²) >= 11 is 1.87. The normalized spacial score (nSPS) is 11.9. The molecule has 2 rings (SSSR count). The maximum absolute atomic E-state index is 12.6. The molecule has 1 aromatic carbocycles. The number of methoxy groups -OCH3 is 1. The second-order valence-electron chi connectivity index (χ2n) is 5.35. The summed E-state index contributed by atoms with van der Waals surface area (Å²) in [5, 5.41) is 2.17. The summed E-state index contributed by atoms with van der Waals surface area (Å²) in [6, 6.07) is 5.27. The molecule has 2 N–H and O–H groups in total. The second kappa shape index (κ2) is 8.54. The average Bonchev–Trinajstić information content (AvgIpc) is 2.60. The van der Waals surface area contributed by atoms with Crippen LogP contribution in [0.15, 0.2) is 40.1 Å². The van der Waals surface area contributed by atoms with Crippen molar-refractivity contribution in [3.63, 3.8) is 0 Å². The number of sulfonamides is 2. The van der Waals surface area contributed by atoms with E-state index < -0.39 is 35.9 Å². The summed E-state index contributed by atoms with van der Waals surface area (Å²) in [4.78, 5) is 18.9. The number of ether oxygens (including phenoxy) is 1. The third-order valence-electron chi connectivity index (χ3n) is 3.23. The predicted octanol–water partition coefficient (Wildman–Crippen LogP) is 0.850. The Hall–Kier alpha value is -2.04. The number of rotatable bonds is 6. The fourth-order valence-corrected chi connectivity index (χ4v) is 5.05. The monoisotopic (exact) mass is 541 g/mol. The first-order valence-corrected chi connectivity index (χ1v) is 11.4. The van der Waals surface area contributed by atoms with Crippen LogP contribution in [0.2, 0.25) is 0 Å². The number of hydrogen-bond acceptors (Lipinski definition) is 8. The van der Waals surface area contributed by atoms with Gasteiger partial charge in [-0.15, -0.1) is 0 Å². The molecule has 0 bridgehead atoms. The van der Waals surface area contributed by atoms with E-state index in [1.807, 2.05) is 22.6 Å². The predicted molar refractivity (Wildman–Crippen MR) is 108 cm³/mol. The van der Waals surface area contributed by atoms with E-state index in [2.05, 4.69) is 15.3 Å². The van der Waals surface area contributed by atoms with Gasteiger partial charge in [0.1, 0.15) is 13.5 Å². The van der Waals surface area contributed by atoms with Crippen molar-refractivity contribution in [2.75, 3.05) is 26.5 Å². The number of urea groups is 1.